The lowest BCUT2D eigenvalue weighted by molar-refractivity contribution is -0.257. The van der Waals surface area contributed by atoms with E-state index in [1.807, 2.05) is 22.6 Å². The third-order valence-electron chi connectivity index (χ3n) is 13.3. The summed E-state index contributed by atoms with van der Waals surface area (Å²) in [5, 5.41) is 17.5. The van der Waals surface area contributed by atoms with E-state index >= 15 is 0 Å². The number of ether oxygens (including phenoxy) is 2. The number of carbonyl (C=O) groups excluding carboxylic acids is 1. The van der Waals surface area contributed by atoms with Crippen molar-refractivity contribution in [2.45, 2.75) is 106 Å². The van der Waals surface area contributed by atoms with Crippen LogP contribution in [0.5, 0.6) is 0 Å². The zero-order valence-corrected chi connectivity index (χ0v) is 37.1. The molecule has 3 fully saturated rings. The number of aryl methyl sites for hydroxylation is 2. The maximum Gasteiger partial charge on any atom is 0.358 e. The molecule has 0 radical (unpaired) electrons. The van der Waals surface area contributed by atoms with Crippen molar-refractivity contribution < 1.29 is 39.1 Å². The molecular weight excluding hydrogens is 845 g/mol. The van der Waals surface area contributed by atoms with Crippen LogP contribution in [0, 0.1) is 25.7 Å². The summed E-state index contributed by atoms with van der Waals surface area (Å²) in [6, 6.07) is 13.6. The minimum atomic E-state index is -3.77. The second kappa shape index (κ2) is 15.6. The van der Waals surface area contributed by atoms with Gasteiger partial charge in [0, 0.05) is 37.5 Å². The summed E-state index contributed by atoms with van der Waals surface area (Å²) in [4.78, 5) is 21.4. The van der Waals surface area contributed by atoms with Gasteiger partial charge in [-0.05, 0) is 59.9 Å². The van der Waals surface area contributed by atoms with Gasteiger partial charge in [0.05, 0.1) is 38.5 Å². The average molecular weight is 893 g/mol. The van der Waals surface area contributed by atoms with E-state index in [0.29, 0.717) is 67.7 Å². The second-order valence-electron chi connectivity index (χ2n) is 17.1. The summed E-state index contributed by atoms with van der Waals surface area (Å²) < 4.78 is 71.6. The Morgan fingerprint density at radius 1 is 0.651 bits per heavy atom. The highest BCUT2D eigenvalue weighted by Gasteiger charge is 2.51. The number of carbonyl (C=O) groups is 1. The molecule has 4 atom stereocenters. The van der Waals surface area contributed by atoms with Gasteiger partial charge in [-0.15, -0.1) is 28.4 Å². The first kappa shape index (κ1) is 41.4. The largest absolute Gasteiger partial charge is 0.358 e. The van der Waals surface area contributed by atoms with E-state index in [9.17, 15) is 21.6 Å². The monoisotopic (exact) mass is 892 g/mol. The molecule has 326 valence electrons. The summed E-state index contributed by atoms with van der Waals surface area (Å²) in [6.07, 6.45) is 11.7. The summed E-state index contributed by atoms with van der Waals surface area (Å²) in [7, 11) is -7.53. The number of hydrogen-bond acceptors (Lipinski definition) is 13. The fraction of sp³-hybridized carbons (Fsp3) is 0.432. The SMILES string of the molecule is CCC1CC(=O)CC1c1nnc2cnc3c(n12)CC=[N+]3S(=O)(=O)c1ccc(C)cc1.CCC1CC2(CC1c1nnc3cnc4c(n13)CC=[N+]4S(=O)(=O)c1ccc(C)cc1)OCCO2. The standard InChI is InChI=1S/C23H26N5O4S.C21H22N5O3S/c1-3-16-12-23(31-10-11-32-23)13-18(16)21-26-25-20-14-24-22-19(28(20)21)8-9-27(22)33(29,30)17-6-4-15(2)5-7-17;1-3-14-10-15(27)11-17(14)20-24-23-19-12-22-21-18(26(19)20)8-9-25(21)30(28,29)16-6-4-13(2)5-7-16/h4-7,9,14,16,18H,3,8,10-13H2,1-2H3;4-7,9,12,14,17H,3,8,10-11H2,1-2H3/q2*+1. The molecule has 4 aromatic heterocycles. The zero-order valence-electron chi connectivity index (χ0n) is 35.5. The Labute approximate surface area is 364 Å². The lowest BCUT2D eigenvalue weighted by atomic mass is 9.93. The normalized spacial score (nSPS) is 22.7. The van der Waals surface area contributed by atoms with E-state index in [0.717, 1.165) is 59.8 Å². The Balaban J connectivity index is 0.000000150. The average Bonchev–Trinajstić information content (AvgIpc) is 4.14. The van der Waals surface area contributed by atoms with Gasteiger partial charge in [0.2, 0.25) is 11.3 Å². The lowest BCUT2D eigenvalue weighted by Gasteiger charge is -2.21. The van der Waals surface area contributed by atoms with E-state index in [2.05, 4.69) is 44.2 Å². The van der Waals surface area contributed by atoms with Crippen molar-refractivity contribution in [2.75, 3.05) is 13.2 Å². The zero-order chi connectivity index (χ0) is 43.8. The molecule has 2 saturated carbocycles. The van der Waals surface area contributed by atoms with Crippen molar-refractivity contribution in [3.63, 3.8) is 0 Å². The maximum atomic E-state index is 13.4. The van der Waals surface area contributed by atoms with E-state index in [-0.39, 0.29) is 33.3 Å². The van der Waals surface area contributed by atoms with Crippen molar-refractivity contribution in [1.29, 1.82) is 0 Å². The first-order chi connectivity index (χ1) is 30.3. The van der Waals surface area contributed by atoms with Gasteiger partial charge in [0.1, 0.15) is 38.6 Å². The van der Waals surface area contributed by atoms with Crippen molar-refractivity contribution in [3.05, 3.63) is 95.1 Å². The molecule has 19 heteroatoms. The Bertz CT molecular complexity index is 3100. The number of nitrogens with zero attached hydrogens (tertiary/aromatic N) is 10. The van der Waals surface area contributed by atoms with Crippen molar-refractivity contribution >= 4 is 61.2 Å². The summed E-state index contributed by atoms with van der Waals surface area (Å²) in [5.41, 5.74) is 4.70. The van der Waals surface area contributed by atoms with Crippen molar-refractivity contribution in [3.8, 4) is 0 Å². The highest BCUT2D eigenvalue weighted by molar-refractivity contribution is 7.86. The smallest absolute Gasteiger partial charge is 0.347 e. The molecule has 11 rings (SSSR count). The van der Waals surface area contributed by atoms with Crippen LogP contribution >= 0.6 is 0 Å². The Hall–Kier alpha value is -5.63. The molecule has 2 aliphatic carbocycles. The van der Waals surface area contributed by atoms with Crippen LogP contribution in [-0.2, 0) is 47.2 Å². The minimum absolute atomic E-state index is 0.00763. The molecule has 0 bridgehead atoms. The number of rotatable bonds is 8. The molecule has 17 nitrogen and oxygen atoms in total. The first-order valence-electron chi connectivity index (χ1n) is 21.5. The fourth-order valence-electron chi connectivity index (χ4n) is 9.97. The summed E-state index contributed by atoms with van der Waals surface area (Å²) in [5.74, 6) is 2.69. The maximum absolute atomic E-state index is 13.4. The molecule has 1 saturated heterocycles. The van der Waals surface area contributed by atoms with Crippen LogP contribution in [0.25, 0.3) is 11.3 Å². The number of sulfonamides is 2. The summed E-state index contributed by atoms with van der Waals surface area (Å²) >= 11 is 0. The van der Waals surface area contributed by atoms with Crippen LogP contribution in [0.15, 0.2) is 70.7 Å². The van der Waals surface area contributed by atoms with Crippen molar-refractivity contribution in [1.82, 2.24) is 39.2 Å². The third-order valence-corrected chi connectivity index (χ3v) is 16.7. The van der Waals surface area contributed by atoms with Gasteiger partial charge in [-0.25, -0.2) is 0 Å². The molecule has 1 spiro atoms. The molecule has 6 aromatic rings. The Morgan fingerprint density at radius 3 is 1.60 bits per heavy atom. The topological polar surface area (TPSA) is 196 Å². The van der Waals surface area contributed by atoms with E-state index in [1.165, 1.54) is 7.96 Å². The fourth-order valence-corrected chi connectivity index (χ4v) is 12.7. The summed E-state index contributed by atoms with van der Waals surface area (Å²) in [6.45, 7) is 9.32. The molecule has 63 heavy (non-hydrogen) atoms. The second-order valence-corrected chi connectivity index (χ2v) is 20.7. The molecule has 3 aliphatic heterocycles. The van der Waals surface area contributed by atoms with Crippen LogP contribution in [-0.4, -0.2) is 101 Å². The molecule has 0 N–H and O–H groups in total. The van der Waals surface area contributed by atoms with Gasteiger partial charge < -0.3 is 9.47 Å². The number of aromatic nitrogens is 8. The number of fused-ring (bicyclic) bond motifs is 6. The number of Topliss-reactive ketones (excluding diaryl/α,β-unsaturated/α-hetero) is 1. The van der Waals surface area contributed by atoms with E-state index in [4.69, 9.17) is 9.47 Å². The molecule has 4 unspecified atom stereocenters. The quantitative estimate of drug-likeness (QED) is 0.179. The van der Waals surface area contributed by atoms with Crippen LogP contribution in [0.2, 0.25) is 0 Å². The Kier molecular flexibility index (Phi) is 10.2. The van der Waals surface area contributed by atoms with Gasteiger partial charge in [0.15, 0.2) is 18.2 Å². The number of ketones is 1. The number of benzene rings is 2. The van der Waals surface area contributed by atoms with Gasteiger partial charge in [-0.3, -0.25) is 13.6 Å². The molecule has 5 aliphatic rings. The first-order valence-corrected chi connectivity index (χ1v) is 24.3. The number of hydrogen-bond donors (Lipinski definition) is 0. The van der Waals surface area contributed by atoms with Gasteiger partial charge >= 0.3 is 31.7 Å². The van der Waals surface area contributed by atoms with Crippen LogP contribution in [0.3, 0.4) is 0 Å². The highest BCUT2D eigenvalue weighted by atomic mass is 32.2. The Morgan fingerprint density at radius 2 is 1.13 bits per heavy atom. The van der Waals surface area contributed by atoms with Gasteiger partial charge in [-0.2, -0.15) is 16.8 Å². The molecular formula is C44H48N10O7S2+2. The van der Waals surface area contributed by atoms with Crippen molar-refractivity contribution in [2.24, 2.45) is 11.8 Å². The van der Waals surface area contributed by atoms with E-state index < -0.39 is 25.8 Å². The van der Waals surface area contributed by atoms with Gasteiger partial charge in [0.25, 0.3) is 0 Å². The predicted octanol–water partition coefficient (Wildman–Crippen LogP) is 5.30. The minimum Gasteiger partial charge on any atom is -0.347 e. The van der Waals surface area contributed by atoms with Crippen LogP contribution in [0.1, 0.15) is 98.4 Å². The van der Waals surface area contributed by atoms with Crippen LogP contribution in [0.4, 0.5) is 11.6 Å². The highest BCUT2D eigenvalue weighted by Crippen LogP contribution is 2.50. The van der Waals surface area contributed by atoms with Crippen LogP contribution < -0.4 is 0 Å². The van der Waals surface area contributed by atoms with E-state index in [1.54, 1.807) is 73.4 Å². The lowest BCUT2D eigenvalue weighted by Crippen LogP contribution is -2.26. The predicted molar refractivity (Wildman–Crippen MR) is 229 cm³/mol. The third kappa shape index (κ3) is 6.90. The van der Waals surface area contributed by atoms with Gasteiger partial charge in [-0.1, -0.05) is 62.1 Å². The molecule has 2 aromatic carbocycles. The molecule has 0 amide bonds. The molecule has 7 heterocycles.